The van der Waals surface area contributed by atoms with E-state index in [9.17, 15) is 4.79 Å². The molecule has 0 unspecified atom stereocenters. The van der Waals surface area contributed by atoms with Crippen molar-refractivity contribution in [3.8, 4) is 5.75 Å². The first-order valence-electron chi connectivity index (χ1n) is 6.33. The van der Waals surface area contributed by atoms with Crippen LogP contribution in [0.15, 0.2) is 36.4 Å². The fourth-order valence-corrected chi connectivity index (χ4v) is 1.80. The van der Waals surface area contributed by atoms with E-state index in [-0.39, 0.29) is 11.6 Å². The molecule has 0 radical (unpaired) electrons. The topological polar surface area (TPSA) is 93.4 Å². The van der Waals surface area contributed by atoms with E-state index in [1.54, 1.807) is 31.2 Å². The number of anilines is 1. The van der Waals surface area contributed by atoms with Gasteiger partial charge in [0.05, 0.1) is 7.11 Å². The van der Waals surface area contributed by atoms with Crippen molar-refractivity contribution in [1.82, 2.24) is 15.1 Å². The molecule has 1 aromatic carbocycles. The minimum absolute atomic E-state index is 0.207. The Labute approximate surface area is 122 Å². The molecule has 110 valence electrons. The molecular formula is C14H17N5O2. The summed E-state index contributed by atoms with van der Waals surface area (Å²) in [5.74, 6) is 6.18. The van der Waals surface area contributed by atoms with E-state index in [1.165, 1.54) is 0 Å². The molecule has 0 saturated heterocycles. The van der Waals surface area contributed by atoms with Crippen LogP contribution in [0.4, 0.5) is 5.82 Å². The SMILES string of the molecule is COc1ccc(CN(C)C(=O)c2ccc(NN)nn2)cc1. The number of aromatic nitrogens is 2. The van der Waals surface area contributed by atoms with Crippen molar-refractivity contribution in [2.45, 2.75) is 6.54 Å². The summed E-state index contributed by atoms with van der Waals surface area (Å²) in [4.78, 5) is 13.8. The number of hydrazine groups is 1. The van der Waals surface area contributed by atoms with Crippen molar-refractivity contribution in [3.63, 3.8) is 0 Å². The predicted octanol–water partition coefficient (Wildman–Crippen LogP) is 1.04. The molecule has 0 aliphatic rings. The number of nitrogen functional groups attached to an aromatic ring is 1. The number of carbonyl (C=O) groups is 1. The van der Waals surface area contributed by atoms with Gasteiger partial charge in [-0.05, 0) is 29.8 Å². The summed E-state index contributed by atoms with van der Waals surface area (Å²) in [5.41, 5.74) is 3.63. The number of ether oxygens (including phenoxy) is 1. The lowest BCUT2D eigenvalue weighted by molar-refractivity contribution is 0.0778. The Bertz CT molecular complexity index is 598. The van der Waals surface area contributed by atoms with Crippen LogP contribution in [0.5, 0.6) is 5.75 Å². The molecule has 0 fully saturated rings. The lowest BCUT2D eigenvalue weighted by atomic mass is 10.2. The van der Waals surface area contributed by atoms with E-state index in [4.69, 9.17) is 10.6 Å². The first-order chi connectivity index (χ1) is 10.1. The largest absolute Gasteiger partial charge is 0.497 e. The average molecular weight is 287 g/mol. The fourth-order valence-electron chi connectivity index (χ4n) is 1.80. The van der Waals surface area contributed by atoms with Crippen molar-refractivity contribution in [2.75, 3.05) is 19.6 Å². The zero-order valence-electron chi connectivity index (χ0n) is 11.9. The molecule has 3 N–H and O–H groups in total. The Morgan fingerprint density at radius 2 is 1.95 bits per heavy atom. The first-order valence-corrected chi connectivity index (χ1v) is 6.33. The van der Waals surface area contributed by atoms with Crippen molar-refractivity contribution >= 4 is 11.7 Å². The second-order valence-electron chi connectivity index (χ2n) is 4.46. The van der Waals surface area contributed by atoms with E-state index in [1.807, 2.05) is 24.3 Å². The number of carbonyl (C=O) groups excluding carboxylic acids is 1. The molecule has 0 bridgehead atoms. The molecule has 0 aliphatic heterocycles. The highest BCUT2D eigenvalue weighted by atomic mass is 16.5. The van der Waals surface area contributed by atoms with Gasteiger partial charge in [0.2, 0.25) is 0 Å². The summed E-state index contributed by atoms with van der Waals surface area (Å²) < 4.78 is 5.10. The highest BCUT2D eigenvalue weighted by Crippen LogP contribution is 2.13. The predicted molar refractivity (Wildman–Crippen MR) is 78.6 cm³/mol. The number of hydrogen-bond donors (Lipinski definition) is 2. The van der Waals surface area contributed by atoms with Gasteiger partial charge in [-0.2, -0.15) is 0 Å². The van der Waals surface area contributed by atoms with Crippen LogP contribution >= 0.6 is 0 Å². The van der Waals surface area contributed by atoms with Gasteiger partial charge in [0.15, 0.2) is 11.5 Å². The Kier molecular flexibility index (Phi) is 4.68. The second-order valence-corrected chi connectivity index (χ2v) is 4.46. The molecule has 1 amide bonds. The normalized spacial score (nSPS) is 10.0. The summed E-state index contributed by atoms with van der Waals surface area (Å²) >= 11 is 0. The van der Waals surface area contributed by atoms with Gasteiger partial charge in [-0.3, -0.25) is 4.79 Å². The molecule has 0 spiro atoms. The Morgan fingerprint density at radius 3 is 2.48 bits per heavy atom. The maximum Gasteiger partial charge on any atom is 0.274 e. The summed E-state index contributed by atoms with van der Waals surface area (Å²) in [5, 5.41) is 7.62. The maximum absolute atomic E-state index is 12.2. The molecule has 0 saturated carbocycles. The van der Waals surface area contributed by atoms with Gasteiger partial charge < -0.3 is 15.1 Å². The van der Waals surface area contributed by atoms with Crippen LogP contribution in [0.2, 0.25) is 0 Å². The average Bonchev–Trinajstić information content (AvgIpc) is 2.55. The third-order valence-corrected chi connectivity index (χ3v) is 2.96. The van der Waals surface area contributed by atoms with Gasteiger partial charge in [0, 0.05) is 13.6 Å². The first kappa shape index (κ1) is 14.7. The molecule has 7 nitrogen and oxygen atoms in total. The van der Waals surface area contributed by atoms with Gasteiger partial charge in [0.25, 0.3) is 5.91 Å². The molecular weight excluding hydrogens is 270 g/mol. The lowest BCUT2D eigenvalue weighted by Crippen LogP contribution is -2.27. The highest BCUT2D eigenvalue weighted by Gasteiger charge is 2.14. The maximum atomic E-state index is 12.2. The number of benzene rings is 1. The number of rotatable bonds is 5. The van der Waals surface area contributed by atoms with Crippen LogP contribution in [-0.4, -0.2) is 35.2 Å². The zero-order valence-corrected chi connectivity index (χ0v) is 11.9. The standard InChI is InChI=1S/C14H17N5O2/c1-19(9-10-3-5-11(21-2)6-4-10)14(20)12-7-8-13(16-15)18-17-12/h3-8H,9,15H2,1-2H3,(H,16,18). The molecule has 1 heterocycles. The van der Waals surface area contributed by atoms with Gasteiger partial charge in [-0.15, -0.1) is 10.2 Å². The number of nitrogens with zero attached hydrogens (tertiary/aromatic N) is 3. The smallest absolute Gasteiger partial charge is 0.274 e. The Morgan fingerprint density at radius 1 is 1.24 bits per heavy atom. The molecule has 0 aliphatic carbocycles. The minimum atomic E-state index is -0.207. The van der Waals surface area contributed by atoms with Crippen LogP contribution in [0, 0.1) is 0 Å². The molecule has 7 heteroatoms. The van der Waals surface area contributed by atoms with Gasteiger partial charge >= 0.3 is 0 Å². The summed E-state index contributed by atoms with van der Waals surface area (Å²) in [6.07, 6.45) is 0. The number of methoxy groups -OCH3 is 1. The summed E-state index contributed by atoms with van der Waals surface area (Å²) in [6, 6.07) is 10.7. The minimum Gasteiger partial charge on any atom is -0.497 e. The van der Waals surface area contributed by atoms with Crippen molar-refractivity contribution in [1.29, 1.82) is 0 Å². The number of nitrogens with one attached hydrogen (secondary N) is 1. The second kappa shape index (κ2) is 6.67. The quantitative estimate of drug-likeness (QED) is 0.630. The highest BCUT2D eigenvalue weighted by molar-refractivity contribution is 5.92. The molecule has 1 aromatic heterocycles. The third kappa shape index (κ3) is 3.67. The van der Waals surface area contributed by atoms with Gasteiger partial charge in [0.1, 0.15) is 5.75 Å². The van der Waals surface area contributed by atoms with Crippen molar-refractivity contribution < 1.29 is 9.53 Å². The van der Waals surface area contributed by atoms with Crippen LogP contribution in [0.25, 0.3) is 0 Å². The Balaban J connectivity index is 2.03. The molecule has 0 atom stereocenters. The van der Waals surface area contributed by atoms with E-state index >= 15 is 0 Å². The fraction of sp³-hybridized carbons (Fsp3) is 0.214. The van der Waals surface area contributed by atoms with Crippen LogP contribution < -0.4 is 16.0 Å². The summed E-state index contributed by atoms with van der Waals surface area (Å²) in [7, 11) is 3.33. The van der Waals surface area contributed by atoms with Crippen LogP contribution in [-0.2, 0) is 6.54 Å². The molecule has 21 heavy (non-hydrogen) atoms. The van der Waals surface area contributed by atoms with Gasteiger partial charge in [-0.1, -0.05) is 12.1 Å². The monoisotopic (exact) mass is 287 g/mol. The third-order valence-electron chi connectivity index (χ3n) is 2.96. The zero-order chi connectivity index (χ0) is 15.2. The van der Waals surface area contributed by atoms with E-state index in [0.717, 1.165) is 11.3 Å². The van der Waals surface area contributed by atoms with Crippen molar-refractivity contribution in [2.24, 2.45) is 5.84 Å². The van der Waals surface area contributed by atoms with E-state index < -0.39 is 0 Å². The summed E-state index contributed by atoms with van der Waals surface area (Å²) in [6.45, 7) is 0.474. The molecule has 2 rings (SSSR count). The Hall–Kier alpha value is -2.67. The van der Waals surface area contributed by atoms with E-state index in [2.05, 4.69) is 15.6 Å². The lowest BCUT2D eigenvalue weighted by Gasteiger charge is -2.16. The van der Waals surface area contributed by atoms with Crippen LogP contribution in [0.3, 0.4) is 0 Å². The van der Waals surface area contributed by atoms with Crippen LogP contribution in [0.1, 0.15) is 16.1 Å². The van der Waals surface area contributed by atoms with Crippen molar-refractivity contribution in [3.05, 3.63) is 47.7 Å². The number of nitrogens with two attached hydrogens (primary N) is 1. The number of hydrogen-bond acceptors (Lipinski definition) is 6. The van der Waals surface area contributed by atoms with E-state index in [0.29, 0.717) is 12.4 Å². The molecule has 2 aromatic rings. The van der Waals surface area contributed by atoms with Gasteiger partial charge in [-0.25, -0.2) is 5.84 Å². The number of amides is 1.